The van der Waals surface area contributed by atoms with Gasteiger partial charge in [-0.2, -0.15) is 0 Å². The van der Waals surface area contributed by atoms with Crippen LogP contribution in [0, 0.1) is 5.41 Å². The molecule has 1 aliphatic heterocycles. The maximum atomic E-state index is 7.58. The number of fused-ring (bicyclic) bond motifs is 1. The number of ether oxygens (including phenoxy) is 1. The number of nitrogens with zero attached hydrogens (tertiary/aromatic N) is 6. The highest BCUT2D eigenvalue weighted by Crippen LogP contribution is 2.21. The van der Waals surface area contributed by atoms with E-state index in [2.05, 4.69) is 42.5 Å². The van der Waals surface area contributed by atoms with Crippen molar-refractivity contribution in [1.82, 2.24) is 19.3 Å². The fraction of sp³-hybridized carbons (Fsp3) is 0.316. The zero-order chi connectivity index (χ0) is 20.8. The maximum absolute atomic E-state index is 7.58. The molecule has 0 radical (unpaired) electrons. The van der Waals surface area contributed by atoms with Crippen LogP contribution in [0.3, 0.4) is 0 Å². The van der Waals surface area contributed by atoms with Gasteiger partial charge in [0.1, 0.15) is 16.5 Å². The molecule has 2 aromatic rings. The SMILES string of the molecule is C=N/C=C\C(=N/Cc1cnc2cnc(Br)cn12)N1CCOC(/C(C=N)=C/N)C1C. The van der Waals surface area contributed by atoms with Crippen LogP contribution in [0.1, 0.15) is 12.6 Å². The molecule has 1 saturated heterocycles. The van der Waals surface area contributed by atoms with Crippen molar-refractivity contribution in [2.24, 2.45) is 15.7 Å². The van der Waals surface area contributed by atoms with E-state index in [0.29, 0.717) is 25.3 Å². The molecule has 152 valence electrons. The lowest BCUT2D eigenvalue weighted by atomic mass is 10.0. The first kappa shape index (κ1) is 20.9. The van der Waals surface area contributed by atoms with E-state index in [9.17, 15) is 0 Å². The summed E-state index contributed by atoms with van der Waals surface area (Å²) in [6, 6.07) is -0.0612. The van der Waals surface area contributed by atoms with Gasteiger partial charge in [0.2, 0.25) is 0 Å². The van der Waals surface area contributed by atoms with E-state index in [0.717, 1.165) is 21.8 Å². The summed E-state index contributed by atoms with van der Waals surface area (Å²) in [5.74, 6) is 0.752. The maximum Gasteiger partial charge on any atom is 0.155 e. The Kier molecular flexibility index (Phi) is 6.89. The van der Waals surface area contributed by atoms with Crippen LogP contribution in [0.5, 0.6) is 0 Å². The number of nitrogens with one attached hydrogen (secondary N) is 1. The molecule has 0 aromatic carbocycles. The van der Waals surface area contributed by atoms with Crippen molar-refractivity contribution >= 4 is 40.3 Å². The van der Waals surface area contributed by atoms with Crippen molar-refractivity contribution in [3.8, 4) is 0 Å². The molecule has 9 nitrogen and oxygen atoms in total. The fourth-order valence-corrected chi connectivity index (χ4v) is 3.57. The smallest absolute Gasteiger partial charge is 0.155 e. The van der Waals surface area contributed by atoms with Crippen molar-refractivity contribution in [2.75, 3.05) is 13.2 Å². The lowest BCUT2D eigenvalue weighted by Gasteiger charge is -2.40. The predicted molar refractivity (Wildman–Crippen MR) is 117 cm³/mol. The number of aromatic nitrogens is 3. The summed E-state index contributed by atoms with van der Waals surface area (Å²) in [6.45, 7) is 7.13. The molecule has 1 aliphatic rings. The number of morpholine rings is 1. The lowest BCUT2D eigenvalue weighted by Crippen LogP contribution is -2.52. The number of rotatable bonds is 6. The highest BCUT2D eigenvalue weighted by atomic mass is 79.9. The summed E-state index contributed by atoms with van der Waals surface area (Å²) in [5.41, 5.74) is 7.99. The monoisotopic (exact) mass is 458 g/mol. The predicted octanol–water partition coefficient (Wildman–Crippen LogP) is 2.19. The Labute approximate surface area is 177 Å². The van der Waals surface area contributed by atoms with Crippen LogP contribution >= 0.6 is 15.9 Å². The quantitative estimate of drug-likeness (QED) is 0.507. The molecule has 0 aliphatic carbocycles. The second-order valence-corrected chi connectivity index (χ2v) is 7.21. The second-order valence-electron chi connectivity index (χ2n) is 6.40. The van der Waals surface area contributed by atoms with Gasteiger partial charge >= 0.3 is 0 Å². The first-order chi connectivity index (χ1) is 14.1. The van der Waals surface area contributed by atoms with Gasteiger partial charge in [0.15, 0.2) is 5.65 Å². The topological polar surface area (TPSA) is 117 Å². The first-order valence-corrected chi connectivity index (χ1v) is 9.83. The minimum absolute atomic E-state index is 0.0612. The summed E-state index contributed by atoms with van der Waals surface area (Å²) in [5, 5.41) is 7.58. The van der Waals surface area contributed by atoms with Gasteiger partial charge < -0.3 is 20.8 Å². The van der Waals surface area contributed by atoms with Crippen LogP contribution in [-0.4, -0.2) is 63.3 Å². The minimum atomic E-state index is -0.306. The van der Waals surface area contributed by atoms with Crippen LogP contribution in [0.15, 0.2) is 57.2 Å². The third kappa shape index (κ3) is 4.60. The van der Waals surface area contributed by atoms with Crippen LogP contribution in [0.2, 0.25) is 0 Å². The first-order valence-electron chi connectivity index (χ1n) is 9.03. The number of amidine groups is 1. The summed E-state index contributed by atoms with van der Waals surface area (Å²) < 4.78 is 8.53. The molecule has 3 heterocycles. The summed E-state index contributed by atoms with van der Waals surface area (Å²) in [4.78, 5) is 19.3. The molecular formula is C19H23BrN8O. The van der Waals surface area contributed by atoms with Crippen LogP contribution < -0.4 is 5.73 Å². The third-order valence-corrected chi connectivity index (χ3v) is 5.12. The molecule has 10 heteroatoms. The van der Waals surface area contributed by atoms with E-state index < -0.39 is 0 Å². The van der Waals surface area contributed by atoms with Gasteiger partial charge in [0, 0.05) is 36.9 Å². The standard InChI is InChI=1S/C19H23BrN8O/c1-13-19(14(7-21)8-22)29-6-5-27(13)17(3-4-23-2)25-9-15-10-26-18-11-24-16(20)12-28(15)18/h3-4,7-8,10-13,19,21H,2,5-6,9,22H2,1H3/b4-3-,14-8+,21-7?,25-17+. The van der Waals surface area contributed by atoms with E-state index in [1.165, 1.54) is 12.4 Å². The van der Waals surface area contributed by atoms with Gasteiger partial charge in [-0.05, 0) is 35.6 Å². The van der Waals surface area contributed by atoms with Gasteiger partial charge in [-0.15, -0.1) is 0 Å². The molecule has 2 atom stereocenters. The molecule has 1 fully saturated rings. The minimum Gasteiger partial charge on any atom is -0.404 e. The third-order valence-electron chi connectivity index (χ3n) is 4.71. The van der Waals surface area contributed by atoms with E-state index in [4.69, 9.17) is 20.9 Å². The lowest BCUT2D eigenvalue weighted by molar-refractivity contribution is -0.0152. The molecule has 0 amide bonds. The Hall–Kier alpha value is -2.85. The van der Waals surface area contributed by atoms with Gasteiger partial charge in [0.25, 0.3) is 0 Å². The fourth-order valence-electron chi connectivity index (χ4n) is 3.26. The molecule has 2 aromatic heterocycles. The Bertz CT molecular complexity index is 980. The zero-order valence-electron chi connectivity index (χ0n) is 16.1. The van der Waals surface area contributed by atoms with E-state index in [1.807, 2.05) is 23.6 Å². The van der Waals surface area contributed by atoms with Crippen molar-refractivity contribution in [2.45, 2.75) is 25.6 Å². The number of halogens is 1. The molecule has 2 unspecified atom stereocenters. The Balaban J connectivity index is 1.90. The largest absolute Gasteiger partial charge is 0.404 e. The van der Waals surface area contributed by atoms with Crippen molar-refractivity contribution < 1.29 is 4.74 Å². The van der Waals surface area contributed by atoms with Crippen LogP contribution in [0.4, 0.5) is 0 Å². The number of aliphatic imine (C=N–C) groups is 2. The molecule has 0 spiro atoms. The van der Waals surface area contributed by atoms with E-state index in [1.54, 1.807) is 18.6 Å². The van der Waals surface area contributed by atoms with E-state index >= 15 is 0 Å². The Morgan fingerprint density at radius 2 is 2.31 bits per heavy atom. The van der Waals surface area contributed by atoms with Crippen molar-refractivity contribution in [3.05, 3.63) is 52.9 Å². The number of hydrogen-bond acceptors (Lipinski definition) is 7. The normalized spacial score (nSPS) is 21.1. The molecule has 3 rings (SSSR count). The average Bonchev–Trinajstić information content (AvgIpc) is 3.12. The summed E-state index contributed by atoms with van der Waals surface area (Å²) in [6.07, 6.45) is 11.1. The Morgan fingerprint density at radius 1 is 1.48 bits per heavy atom. The number of imidazole rings is 1. The summed E-state index contributed by atoms with van der Waals surface area (Å²) >= 11 is 3.39. The van der Waals surface area contributed by atoms with Gasteiger partial charge in [0.05, 0.1) is 37.3 Å². The van der Waals surface area contributed by atoms with Gasteiger partial charge in [-0.25, -0.2) is 9.97 Å². The Morgan fingerprint density at radius 3 is 3.03 bits per heavy atom. The average molecular weight is 459 g/mol. The highest BCUT2D eigenvalue weighted by Gasteiger charge is 2.32. The van der Waals surface area contributed by atoms with Crippen LogP contribution in [0.25, 0.3) is 5.65 Å². The molecule has 29 heavy (non-hydrogen) atoms. The second kappa shape index (κ2) is 9.57. The summed E-state index contributed by atoms with van der Waals surface area (Å²) in [7, 11) is 0. The molecular weight excluding hydrogens is 436 g/mol. The van der Waals surface area contributed by atoms with Crippen molar-refractivity contribution in [3.63, 3.8) is 0 Å². The molecule has 0 bridgehead atoms. The van der Waals surface area contributed by atoms with Gasteiger partial charge in [-0.1, -0.05) is 0 Å². The molecule has 3 N–H and O–H groups in total. The van der Waals surface area contributed by atoms with Gasteiger partial charge in [-0.3, -0.25) is 14.4 Å². The highest BCUT2D eigenvalue weighted by molar-refractivity contribution is 9.10. The number of nitrogens with two attached hydrogens (primary N) is 1. The van der Waals surface area contributed by atoms with Crippen LogP contribution in [-0.2, 0) is 11.3 Å². The van der Waals surface area contributed by atoms with Crippen molar-refractivity contribution in [1.29, 1.82) is 5.41 Å². The zero-order valence-corrected chi connectivity index (χ0v) is 17.7. The molecule has 0 saturated carbocycles. The number of hydrogen-bond donors (Lipinski definition) is 2. The van der Waals surface area contributed by atoms with E-state index in [-0.39, 0.29) is 12.1 Å².